The molecule has 1 unspecified atom stereocenters. The highest BCUT2D eigenvalue weighted by Gasteiger charge is 2.39. The van der Waals surface area contributed by atoms with Crippen LogP contribution in [-0.4, -0.2) is 65.1 Å². The Kier molecular flexibility index (Phi) is 4.03. The van der Waals surface area contributed by atoms with Crippen LogP contribution in [0.25, 0.3) is 0 Å². The van der Waals surface area contributed by atoms with Crippen LogP contribution in [0.2, 0.25) is 0 Å². The minimum absolute atomic E-state index is 0.0183. The van der Waals surface area contributed by atoms with Crippen molar-refractivity contribution in [1.29, 1.82) is 0 Å². The van der Waals surface area contributed by atoms with E-state index in [-0.39, 0.29) is 19.1 Å². The lowest BCUT2D eigenvalue weighted by Gasteiger charge is -2.22. The molecule has 0 aromatic heterocycles. The van der Waals surface area contributed by atoms with Gasteiger partial charge in [-0.3, -0.25) is 0 Å². The highest BCUT2D eigenvalue weighted by atomic mass is 16.5. The van der Waals surface area contributed by atoms with Crippen LogP contribution in [0, 0.1) is 0 Å². The largest absolute Gasteiger partial charge is 0.480 e. The second-order valence-corrected chi connectivity index (χ2v) is 4.72. The third kappa shape index (κ3) is 2.91. The summed E-state index contributed by atoms with van der Waals surface area (Å²) in [5, 5.41) is 21.1. The van der Waals surface area contributed by atoms with Gasteiger partial charge in [0, 0.05) is 26.1 Å². The van der Waals surface area contributed by atoms with Crippen LogP contribution >= 0.6 is 0 Å². The minimum atomic E-state index is -1.08. The van der Waals surface area contributed by atoms with Crippen molar-refractivity contribution in [3.63, 3.8) is 0 Å². The van der Waals surface area contributed by atoms with Gasteiger partial charge in [-0.25, -0.2) is 9.59 Å². The molecule has 2 rings (SSSR count). The molecule has 2 fully saturated rings. The average Bonchev–Trinajstić information content (AvgIpc) is 2.94. The fraction of sp³-hybridized carbons (Fsp3) is 0.818. The first-order valence-corrected chi connectivity index (χ1v) is 6.15. The van der Waals surface area contributed by atoms with Crippen molar-refractivity contribution >= 4 is 12.0 Å². The zero-order valence-corrected chi connectivity index (χ0v) is 10.0. The minimum Gasteiger partial charge on any atom is -0.480 e. The molecule has 2 heterocycles. The molecule has 2 amide bonds. The van der Waals surface area contributed by atoms with Gasteiger partial charge in [-0.1, -0.05) is 0 Å². The lowest BCUT2D eigenvalue weighted by Crippen LogP contribution is -2.47. The lowest BCUT2D eigenvalue weighted by molar-refractivity contribution is -0.141. The second-order valence-electron chi connectivity index (χ2n) is 4.72. The predicted molar refractivity (Wildman–Crippen MR) is 61.1 cm³/mol. The van der Waals surface area contributed by atoms with Crippen LogP contribution in [0.4, 0.5) is 4.79 Å². The van der Waals surface area contributed by atoms with Crippen LogP contribution in [0.5, 0.6) is 0 Å². The molecule has 2 aliphatic heterocycles. The van der Waals surface area contributed by atoms with Gasteiger partial charge >= 0.3 is 12.0 Å². The standard InChI is InChI=1S/C11H18N2O5/c14-7-4-9(10(15)16)13(6-7)11(17)12-5-8-2-1-3-18-8/h7-9,14H,1-6H2,(H,12,17)(H,15,16)/t7-,8?,9-/m1/s1. The van der Waals surface area contributed by atoms with E-state index in [1.165, 1.54) is 4.90 Å². The van der Waals surface area contributed by atoms with Crippen molar-refractivity contribution in [2.75, 3.05) is 19.7 Å². The van der Waals surface area contributed by atoms with Gasteiger partial charge in [-0.2, -0.15) is 0 Å². The van der Waals surface area contributed by atoms with Gasteiger partial charge in [0.25, 0.3) is 0 Å². The quantitative estimate of drug-likeness (QED) is 0.627. The normalized spacial score (nSPS) is 31.6. The Balaban J connectivity index is 1.85. The highest BCUT2D eigenvalue weighted by molar-refractivity contribution is 5.83. The summed E-state index contributed by atoms with van der Waals surface area (Å²) in [5.74, 6) is -1.08. The number of nitrogens with zero attached hydrogens (tertiary/aromatic N) is 1. The van der Waals surface area contributed by atoms with E-state index in [1.54, 1.807) is 0 Å². The highest BCUT2D eigenvalue weighted by Crippen LogP contribution is 2.18. The van der Waals surface area contributed by atoms with Gasteiger partial charge in [0.2, 0.25) is 0 Å². The number of rotatable bonds is 3. The number of ether oxygens (including phenoxy) is 1. The number of hydrogen-bond donors (Lipinski definition) is 3. The summed E-state index contributed by atoms with van der Waals surface area (Å²) in [5.41, 5.74) is 0. The SMILES string of the molecule is O=C(O)[C@H]1C[C@@H](O)CN1C(=O)NCC1CCCO1. The van der Waals surface area contributed by atoms with Crippen molar-refractivity contribution in [3.05, 3.63) is 0 Å². The Hall–Kier alpha value is -1.34. The Morgan fingerprint density at radius 2 is 2.22 bits per heavy atom. The Labute approximate surface area is 105 Å². The van der Waals surface area contributed by atoms with Crippen LogP contribution < -0.4 is 5.32 Å². The molecule has 0 saturated carbocycles. The fourth-order valence-electron chi connectivity index (χ4n) is 2.38. The van der Waals surface area contributed by atoms with Crippen molar-refractivity contribution in [3.8, 4) is 0 Å². The molecular formula is C11H18N2O5. The summed E-state index contributed by atoms with van der Waals surface area (Å²) < 4.78 is 5.36. The van der Waals surface area contributed by atoms with Crippen molar-refractivity contribution in [2.24, 2.45) is 0 Å². The molecule has 2 aliphatic rings. The van der Waals surface area contributed by atoms with Gasteiger partial charge in [-0.05, 0) is 12.8 Å². The van der Waals surface area contributed by atoms with Crippen LogP contribution in [0.1, 0.15) is 19.3 Å². The van der Waals surface area contributed by atoms with E-state index in [0.29, 0.717) is 13.2 Å². The number of carboxylic acids is 1. The van der Waals surface area contributed by atoms with Crippen LogP contribution in [0.15, 0.2) is 0 Å². The second kappa shape index (κ2) is 5.53. The maximum atomic E-state index is 11.8. The topological polar surface area (TPSA) is 99.1 Å². The van der Waals surface area contributed by atoms with E-state index in [0.717, 1.165) is 12.8 Å². The van der Waals surface area contributed by atoms with Crippen molar-refractivity contribution in [2.45, 2.75) is 37.5 Å². The van der Waals surface area contributed by atoms with E-state index >= 15 is 0 Å². The average molecular weight is 258 g/mol. The Morgan fingerprint density at radius 1 is 1.44 bits per heavy atom. The maximum absolute atomic E-state index is 11.8. The summed E-state index contributed by atoms with van der Waals surface area (Å²) in [6.07, 6.45) is 1.23. The van der Waals surface area contributed by atoms with Gasteiger partial charge in [-0.15, -0.1) is 0 Å². The molecule has 0 aromatic rings. The summed E-state index contributed by atoms with van der Waals surface area (Å²) in [7, 11) is 0. The number of urea groups is 1. The number of aliphatic hydroxyl groups is 1. The van der Waals surface area contributed by atoms with E-state index < -0.39 is 24.1 Å². The lowest BCUT2D eigenvalue weighted by atomic mass is 10.2. The molecule has 0 bridgehead atoms. The predicted octanol–water partition coefficient (Wildman–Crippen LogP) is -0.605. The first kappa shape index (κ1) is 13.1. The van der Waals surface area contributed by atoms with Crippen molar-refractivity contribution in [1.82, 2.24) is 10.2 Å². The first-order valence-electron chi connectivity index (χ1n) is 6.15. The third-order valence-corrected chi connectivity index (χ3v) is 3.33. The molecular weight excluding hydrogens is 240 g/mol. The maximum Gasteiger partial charge on any atom is 0.326 e. The molecule has 3 N–H and O–H groups in total. The number of amides is 2. The number of β-amino-alcohol motifs (C(OH)–C–C–N with tert-alkyl or cyclic N) is 1. The van der Waals surface area contributed by atoms with E-state index in [1.807, 2.05) is 0 Å². The Bertz CT molecular complexity index is 329. The molecule has 7 nitrogen and oxygen atoms in total. The molecule has 18 heavy (non-hydrogen) atoms. The summed E-state index contributed by atoms with van der Waals surface area (Å²) in [4.78, 5) is 24.0. The van der Waals surface area contributed by atoms with Crippen LogP contribution in [0.3, 0.4) is 0 Å². The number of aliphatic hydroxyl groups excluding tert-OH is 1. The number of likely N-dealkylation sites (tertiary alicyclic amines) is 1. The van der Waals surface area contributed by atoms with Gasteiger partial charge in [0.15, 0.2) is 0 Å². The molecule has 0 aliphatic carbocycles. The monoisotopic (exact) mass is 258 g/mol. The first-order chi connectivity index (χ1) is 8.58. The van der Waals surface area contributed by atoms with E-state index in [4.69, 9.17) is 9.84 Å². The Morgan fingerprint density at radius 3 is 2.83 bits per heavy atom. The van der Waals surface area contributed by atoms with E-state index in [9.17, 15) is 14.7 Å². The zero-order valence-electron chi connectivity index (χ0n) is 10.0. The van der Waals surface area contributed by atoms with Gasteiger partial charge in [0.05, 0.1) is 12.2 Å². The molecule has 7 heteroatoms. The molecule has 0 spiro atoms. The van der Waals surface area contributed by atoms with E-state index in [2.05, 4.69) is 5.32 Å². The molecule has 3 atom stereocenters. The summed E-state index contributed by atoms with van der Waals surface area (Å²) in [6.45, 7) is 1.16. The number of carbonyl (C=O) groups excluding carboxylic acids is 1. The zero-order chi connectivity index (χ0) is 13.1. The molecule has 0 aromatic carbocycles. The number of carbonyl (C=O) groups is 2. The summed E-state index contributed by atoms with van der Waals surface area (Å²) in [6, 6.07) is -1.39. The number of hydrogen-bond acceptors (Lipinski definition) is 4. The van der Waals surface area contributed by atoms with Crippen molar-refractivity contribution < 1.29 is 24.5 Å². The number of nitrogens with one attached hydrogen (secondary N) is 1. The fourth-order valence-corrected chi connectivity index (χ4v) is 2.38. The van der Waals surface area contributed by atoms with Crippen LogP contribution in [-0.2, 0) is 9.53 Å². The van der Waals surface area contributed by atoms with Gasteiger partial charge in [0.1, 0.15) is 6.04 Å². The molecule has 0 radical (unpaired) electrons. The smallest absolute Gasteiger partial charge is 0.326 e. The number of aliphatic carboxylic acids is 1. The third-order valence-electron chi connectivity index (χ3n) is 3.33. The molecule has 2 saturated heterocycles. The molecule has 102 valence electrons. The number of carboxylic acid groups (broad SMARTS) is 1. The van der Waals surface area contributed by atoms with Gasteiger partial charge < -0.3 is 25.2 Å². The summed E-state index contributed by atoms with van der Waals surface area (Å²) >= 11 is 0.